The molecule has 0 aromatic heterocycles. The van der Waals surface area contributed by atoms with Crippen LogP contribution in [-0.2, 0) is 0 Å². The van der Waals surface area contributed by atoms with E-state index in [1.807, 2.05) is 0 Å². The molecule has 2 aromatic rings. The van der Waals surface area contributed by atoms with Crippen molar-refractivity contribution in [2.75, 3.05) is 14.2 Å². The first kappa shape index (κ1) is 16.6. The van der Waals surface area contributed by atoms with Gasteiger partial charge in [0.1, 0.15) is 17.2 Å². The molecular weight excluding hydrogens is 320 g/mol. The average Bonchev–Trinajstić information content (AvgIpc) is 2.57. The Morgan fingerprint density at radius 1 is 1.17 bits per heavy atom. The van der Waals surface area contributed by atoms with Crippen LogP contribution in [-0.4, -0.2) is 31.4 Å². The standard InChI is InChI=1S/C16H15ClN2O4/c1-22-13-6-10(7-14(8-13)23-2)16(21)19-18-9-11-5-12(17)3-4-15(11)20/h3-9,20H,1-2H3,(H,19,21)/b18-9+. The molecule has 7 heteroatoms. The number of nitrogens with one attached hydrogen (secondary N) is 1. The van der Waals surface area contributed by atoms with E-state index in [4.69, 9.17) is 21.1 Å². The number of nitrogens with zero attached hydrogens (tertiary/aromatic N) is 1. The van der Waals surface area contributed by atoms with Crippen LogP contribution < -0.4 is 14.9 Å². The van der Waals surface area contributed by atoms with Crippen LogP contribution in [0.1, 0.15) is 15.9 Å². The molecule has 0 heterocycles. The molecule has 2 rings (SSSR count). The number of hydrazone groups is 1. The Bertz CT molecular complexity index is 725. The number of hydrogen-bond acceptors (Lipinski definition) is 5. The highest BCUT2D eigenvalue weighted by molar-refractivity contribution is 6.30. The van der Waals surface area contributed by atoms with Crippen LogP contribution in [0.25, 0.3) is 0 Å². The zero-order chi connectivity index (χ0) is 16.8. The SMILES string of the molecule is COc1cc(OC)cc(C(=O)N/N=C/c2cc(Cl)ccc2O)c1. The van der Waals surface area contributed by atoms with Crippen molar-refractivity contribution in [2.45, 2.75) is 0 Å². The minimum absolute atomic E-state index is 0.00967. The summed E-state index contributed by atoms with van der Waals surface area (Å²) in [5.74, 6) is 0.548. The van der Waals surface area contributed by atoms with E-state index in [-0.39, 0.29) is 5.75 Å². The predicted molar refractivity (Wildman–Crippen MR) is 87.7 cm³/mol. The smallest absolute Gasteiger partial charge is 0.271 e. The van der Waals surface area contributed by atoms with Gasteiger partial charge >= 0.3 is 0 Å². The van der Waals surface area contributed by atoms with Gasteiger partial charge in [0.05, 0.1) is 20.4 Å². The minimum atomic E-state index is -0.444. The number of ether oxygens (including phenoxy) is 2. The topological polar surface area (TPSA) is 80.2 Å². The average molecular weight is 335 g/mol. The van der Waals surface area contributed by atoms with E-state index in [0.717, 1.165) is 0 Å². The number of aromatic hydroxyl groups is 1. The number of benzene rings is 2. The molecule has 6 nitrogen and oxygen atoms in total. The Morgan fingerprint density at radius 3 is 2.43 bits per heavy atom. The molecule has 120 valence electrons. The van der Waals surface area contributed by atoms with Gasteiger partial charge in [0.25, 0.3) is 5.91 Å². The molecule has 0 aliphatic heterocycles. The maximum atomic E-state index is 12.1. The van der Waals surface area contributed by atoms with Crippen molar-refractivity contribution in [3.8, 4) is 17.2 Å². The number of rotatable bonds is 5. The summed E-state index contributed by atoms with van der Waals surface area (Å²) in [4.78, 5) is 12.1. The van der Waals surface area contributed by atoms with Crippen molar-refractivity contribution in [2.24, 2.45) is 5.10 Å². The van der Waals surface area contributed by atoms with Gasteiger partial charge in [-0.25, -0.2) is 5.43 Å². The van der Waals surface area contributed by atoms with Crippen molar-refractivity contribution in [1.29, 1.82) is 0 Å². The second-order valence-corrected chi connectivity index (χ2v) is 4.94. The summed E-state index contributed by atoms with van der Waals surface area (Å²) in [5.41, 5.74) is 3.08. The molecule has 0 aliphatic rings. The molecular formula is C16H15ClN2O4. The third-order valence-corrected chi connectivity index (χ3v) is 3.21. The van der Waals surface area contributed by atoms with Crippen LogP contribution in [0.15, 0.2) is 41.5 Å². The highest BCUT2D eigenvalue weighted by Gasteiger charge is 2.09. The van der Waals surface area contributed by atoms with Gasteiger partial charge in [-0.05, 0) is 30.3 Å². The number of phenolic OH excluding ortho intramolecular Hbond substituents is 1. The normalized spacial score (nSPS) is 10.6. The monoisotopic (exact) mass is 334 g/mol. The summed E-state index contributed by atoms with van der Waals surface area (Å²) in [7, 11) is 2.99. The molecule has 23 heavy (non-hydrogen) atoms. The number of carbonyl (C=O) groups is 1. The number of halogens is 1. The fourth-order valence-corrected chi connectivity index (χ4v) is 1.97. The second kappa shape index (κ2) is 7.51. The minimum Gasteiger partial charge on any atom is -0.507 e. The van der Waals surface area contributed by atoms with Gasteiger partial charge in [-0.3, -0.25) is 4.79 Å². The molecule has 0 saturated heterocycles. The van der Waals surface area contributed by atoms with Crippen molar-refractivity contribution in [3.63, 3.8) is 0 Å². The third-order valence-electron chi connectivity index (χ3n) is 2.97. The van der Waals surface area contributed by atoms with E-state index in [1.165, 1.54) is 32.6 Å². The molecule has 0 aliphatic carbocycles. The van der Waals surface area contributed by atoms with E-state index in [1.54, 1.807) is 24.3 Å². The first-order chi connectivity index (χ1) is 11.0. The van der Waals surface area contributed by atoms with Crippen LogP contribution >= 0.6 is 11.6 Å². The summed E-state index contributed by atoms with van der Waals surface area (Å²) in [6.07, 6.45) is 1.30. The molecule has 2 aromatic carbocycles. The number of amides is 1. The van der Waals surface area contributed by atoms with Crippen molar-refractivity contribution >= 4 is 23.7 Å². The van der Waals surface area contributed by atoms with Gasteiger partial charge in [0.2, 0.25) is 0 Å². The highest BCUT2D eigenvalue weighted by atomic mass is 35.5. The Labute approximate surface area is 138 Å². The molecule has 0 fully saturated rings. The third kappa shape index (κ3) is 4.37. The summed E-state index contributed by atoms with van der Waals surface area (Å²) in [6, 6.07) is 9.30. The van der Waals surface area contributed by atoms with E-state index < -0.39 is 5.91 Å². The Hall–Kier alpha value is -2.73. The number of methoxy groups -OCH3 is 2. The molecule has 0 saturated carbocycles. The Kier molecular flexibility index (Phi) is 5.43. The van der Waals surface area contributed by atoms with Gasteiger partial charge in [-0.1, -0.05) is 11.6 Å². The van der Waals surface area contributed by atoms with E-state index in [2.05, 4.69) is 10.5 Å². The number of phenols is 1. The Morgan fingerprint density at radius 2 is 1.83 bits per heavy atom. The molecule has 0 bridgehead atoms. The lowest BCUT2D eigenvalue weighted by Crippen LogP contribution is -2.17. The lowest BCUT2D eigenvalue weighted by Gasteiger charge is -2.07. The molecule has 1 amide bonds. The van der Waals surface area contributed by atoms with Crippen LogP contribution in [0.2, 0.25) is 5.02 Å². The zero-order valence-corrected chi connectivity index (χ0v) is 13.3. The summed E-state index contributed by atoms with van der Waals surface area (Å²) in [6.45, 7) is 0. The van der Waals surface area contributed by atoms with Crippen LogP contribution in [0.3, 0.4) is 0 Å². The van der Waals surface area contributed by atoms with Gasteiger partial charge < -0.3 is 14.6 Å². The summed E-state index contributed by atoms with van der Waals surface area (Å²) < 4.78 is 10.2. The molecule has 0 spiro atoms. The molecule has 2 N–H and O–H groups in total. The molecule has 0 unspecified atom stereocenters. The molecule has 0 radical (unpaired) electrons. The predicted octanol–water partition coefficient (Wildman–Crippen LogP) is 2.83. The van der Waals surface area contributed by atoms with E-state index in [9.17, 15) is 9.90 Å². The summed E-state index contributed by atoms with van der Waals surface area (Å²) in [5, 5.41) is 13.9. The van der Waals surface area contributed by atoms with Crippen molar-refractivity contribution < 1.29 is 19.4 Å². The van der Waals surface area contributed by atoms with Gasteiger partial charge in [-0.15, -0.1) is 0 Å². The first-order valence-corrected chi connectivity index (χ1v) is 6.96. The highest BCUT2D eigenvalue weighted by Crippen LogP contribution is 2.22. The number of carbonyl (C=O) groups excluding carboxylic acids is 1. The fraction of sp³-hybridized carbons (Fsp3) is 0.125. The maximum Gasteiger partial charge on any atom is 0.271 e. The van der Waals surface area contributed by atoms with Crippen molar-refractivity contribution in [3.05, 3.63) is 52.5 Å². The summed E-state index contributed by atoms with van der Waals surface area (Å²) >= 11 is 5.83. The van der Waals surface area contributed by atoms with Gasteiger partial charge in [0.15, 0.2) is 0 Å². The number of hydrogen-bond donors (Lipinski definition) is 2. The van der Waals surface area contributed by atoms with Crippen LogP contribution in [0.4, 0.5) is 0 Å². The van der Waals surface area contributed by atoms with E-state index >= 15 is 0 Å². The zero-order valence-electron chi connectivity index (χ0n) is 12.5. The lowest BCUT2D eigenvalue weighted by atomic mass is 10.2. The van der Waals surface area contributed by atoms with E-state index in [0.29, 0.717) is 27.6 Å². The fourth-order valence-electron chi connectivity index (χ4n) is 1.79. The van der Waals surface area contributed by atoms with Crippen LogP contribution in [0.5, 0.6) is 17.2 Å². The van der Waals surface area contributed by atoms with Gasteiger partial charge in [0, 0.05) is 22.2 Å². The largest absolute Gasteiger partial charge is 0.507 e. The lowest BCUT2D eigenvalue weighted by molar-refractivity contribution is 0.0954. The molecule has 0 atom stereocenters. The Balaban J connectivity index is 2.13. The second-order valence-electron chi connectivity index (χ2n) is 4.50. The first-order valence-electron chi connectivity index (χ1n) is 6.58. The van der Waals surface area contributed by atoms with Crippen LogP contribution in [0, 0.1) is 0 Å². The maximum absolute atomic E-state index is 12.1. The van der Waals surface area contributed by atoms with Gasteiger partial charge in [-0.2, -0.15) is 5.10 Å². The van der Waals surface area contributed by atoms with Crippen molar-refractivity contribution in [1.82, 2.24) is 5.43 Å². The quantitative estimate of drug-likeness (QED) is 0.651.